The number of piperazine rings is 1. The number of para-hydroxylation sites is 2. The van der Waals surface area contributed by atoms with Crippen LogP contribution >= 0.6 is 0 Å². The molecule has 0 saturated carbocycles. The fourth-order valence-corrected chi connectivity index (χ4v) is 3.74. The van der Waals surface area contributed by atoms with Gasteiger partial charge in [0.1, 0.15) is 18.2 Å². The van der Waals surface area contributed by atoms with Gasteiger partial charge in [-0.2, -0.15) is 0 Å². The number of halogens is 1. The molecule has 2 aliphatic rings. The summed E-state index contributed by atoms with van der Waals surface area (Å²) in [5, 5.41) is 2.85. The van der Waals surface area contributed by atoms with E-state index in [1.54, 1.807) is 29.2 Å². The highest BCUT2D eigenvalue weighted by atomic mass is 19.1. The van der Waals surface area contributed by atoms with Crippen LogP contribution in [0.2, 0.25) is 0 Å². The monoisotopic (exact) mass is 397 g/mol. The van der Waals surface area contributed by atoms with E-state index in [1.807, 2.05) is 18.2 Å². The molecule has 6 nitrogen and oxygen atoms in total. The van der Waals surface area contributed by atoms with E-state index < -0.39 is 5.92 Å². The number of hydrogen-bond acceptors (Lipinski definition) is 4. The predicted octanol–water partition coefficient (Wildman–Crippen LogP) is 2.51. The Kier molecular flexibility index (Phi) is 5.76. The number of anilines is 1. The zero-order valence-corrected chi connectivity index (χ0v) is 16.1. The number of nitrogens with zero attached hydrogens (tertiary/aromatic N) is 2. The van der Waals surface area contributed by atoms with Crippen LogP contribution in [0.3, 0.4) is 0 Å². The first-order chi connectivity index (χ1) is 14.1. The Labute approximate surface area is 169 Å². The van der Waals surface area contributed by atoms with Crippen LogP contribution in [0.15, 0.2) is 48.5 Å². The Morgan fingerprint density at radius 2 is 1.90 bits per heavy atom. The van der Waals surface area contributed by atoms with E-state index in [1.165, 1.54) is 6.07 Å². The average molecular weight is 397 g/mol. The summed E-state index contributed by atoms with van der Waals surface area (Å²) in [6.07, 6.45) is 0.129. The van der Waals surface area contributed by atoms with Crippen LogP contribution in [0.5, 0.6) is 5.75 Å². The Bertz CT molecular complexity index is 896. The van der Waals surface area contributed by atoms with Gasteiger partial charge in [-0.05, 0) is 29.8 Å². The summed E-state index contributed by atoms with van der Waals surface area (Å²) in [4.78, 5) is 29.2. The predicted molar refractivity (Wildman–Crippen MR) is 107 cm³/mol. The van der Waals surface area contributed by atoms with Crippen molar-refractivity contribution in [2.45, 2.75) is 13.0 Å². The molecular formula is C22H24FN3O3. The molecule has 2 aliphatic heterocycles. The molecule has 0 aromatic heterocycles. The van der Waals surface area contributed by atoms with Gasteiger partial charge < -0.3 is 15.0 Å². The molecule has 0 aliphatic carbocycles. The maximum atomic E-state index is 13.3. The molecule has 152 valence electrons. The zero-order chi connectivity index (χ0) is 20.2. The fraction of sp³-hybridized carbons (Fsp3) is 0.364. The number of carbonyl (C=O) groups is 2. The van der Waals surface area contributed by atoms with Crippen LogP contribution in [0.1, 0.15) is 12.0 Å². The minimum Gasteiger partial charge on any atom is -0.491 e. The second kappa shape index (κ2) is 8.61. The van der Waals surface area contributed by atoms with Gasteiger partial charge in [-0.3, -0.25) is 14.5 Å². The highest BCUT2D eigenvalue weighted by Crippen LogP contribution is 2.28. The fourth-order valence-electron chi connectivity index (χ4n) is 3.74. The lowest BCUT2D eigenvalue weighted by atomic mass is 10.0. The molecule has 2 heterocycles. The number of rotatable bonds is 4. The third-order valence-corrected chi connectivity index (χ3v) is 5.40. The van der Waals surface area contributed by atoms with Gasteiger partial charge in [0.05, 0.1) is 11.6 Å². The molecule has 1 fully saturated rings. The van der Waals surface area contributed by atoms with E-state index in [4.69, 9.17) is 4.74 Å². The van der Waals surface area contributed by atoms with Crippen LogP contribution in [0, 0.1) is 11.7 Å². The van der Waals surface area contributed by atoms with E-state index in [9.17, 15) is 14.0 Å². The van der Waals surface area contributed by atoms with Gasteiger partial charge in [-0.15, -0.1) is 0 Å². The van der Waals surface area contributed by atoms with Crippen molar-refractivity contribution in [2.75, 3.05) is 38.1 Å². The third kappa shape index (κ3) is 4.74. The molecule has 0 spiro atoms. The molecule has 0 bridgehead atoms. The van der Waals surface area contributed by atoms with Crippen molar-refractivity contribution in [3.63, 3.8) is 0 Å². The van der Waals surface area contributed by atoms with E-state index in [2.05, 4.69) is 10.2 Å². The van der Waals surface area contributed by atoms with Crippen LogP contribution in [0.25, 0.3) is 0 Å². The van der Waals surface area contributed by atoms with Gasteiger partial charge in [0, 0.05) is 39.1 Å². The Morgan fingerprint density at radius 3 is 2.69 bits per heavy atom. The summed E-state index contributed by atoms with van der Waals surface area (Å²) in [6.45, 7) is 3.50. The Morgan fingerprint density at radius 1 is 1.10 bits per heavy atom. The molecular weight excluding hydrogens is 373 g/mol. The summed E-state index contributed by atoms with van der Waals surface area (Å²) in [5.41, 5.74) is 1.56. The van der Waals surface area contributed by atoms with Crippen LogP contribution in [-0.4, -0.2) is 54.4 Å². The molecule has 2 aromatic rings. The first kappa shape index (κ1) is 19.4. The van der Waals surface area contributed by atoms with Crippen LogP contribution in [0.4, 0.5) is 10.1 Å². The van der Waals surface area contributed by atoms with E-state index >= 15 is 0 Å². The van der Waals surface area contributed by atoms with E-state index in [0.29, 0.717) is 31.1 Å². The number of hydrogen-bond donors (Lipinski definition) is 1. The minimum absolute atomic E-state index is 0.0369. The summed E-state index contributed by atoms with van der Waals surface area (Å²) in [6, 6.07) is 13.9. The van der Waals surface area contributed by atoms with Crippen molar-refractivity contribution in [3.8, 4) is 5.75 Å². The van der Waals surface area contributed by atoms with Gasteiger partial charge in [0.15, 0.2) is 0 Å². The number of benzene rings is 2. The second-order valence-electron chi connectivity index (χ2n) is 7.48. The molecule has 0 radical (unpaired) electrons. The summed E-state index contributed by atoms with van der Waals surface area (Å²) in [5.74, 6) is -0.345. The van der Waals surface area contributed by atoms with Crippen LogP contribution < -0.4 is 10.1 Å². The van der Waals surface area contributed by atoms with Gasteiger partial charge in [-0.25, -0.2) is 4.39 Å². The Hall–Kier alpha value is -2.93. The van der Waals surface area contributed by atoms with E-state index in [0.717, 1.165) is 18.7 Å². The van der Waals surface area contributed by atoms with Gasteiger partial charge in [0.25, 0.3) is 0 Å². The maximum absolute atomic E-state index is 13.3. The van der Waals surface area contributed by atoms with Crippen molar-refractivity contribution < 1.29 is 18.7 Å². The quantitative estimate of drug-likeness (QED) is 0.861. The molecule has 2 amide bonds. The minimum atomic E-state index is -0.514. The second-order valence-corrected chi connectivity index (χ2v) is 7.48. The highest BCUT2D eigenvalue weighted by Gasteiger charge is 2.30. The molecule has 1 unspecified atom stereocenters. The molecule has 4 rings (SSSR count). The van der Waals surface area contributed by atoms with Crippen LogP contribution in [-0.2, 0) is 16.1 Å². The zero-order valence-electron chi connectivity index (χ0n) is 16.1. The summed E-state index contributed by atoms with van der Waals surface area (Å²) >= 11 is 0. The number of amides is 2. The van der Waals surface area contributed by atoms with Crippen molar-refractivity contribution in [1.82, 2.24) is 9.80 Å². The summed E-state index contributed by atoms with van der Waals surface area (Å²) < 4.78 is 19.1. The topological polar surface area (TPSA) is 61.9 Å². The van der Waals surface area contributed by atoms with Gasteiger partial charge >= 0.3 is 0 Å². The molecule has 7 heteroatoms. The van der Waals surface area contributed by atoms with Crippen molar-refractivity contribution in [2.24, 2.45) is 5.92 Å². The number of ether oxygens (including phenoxy) is 1. The average Bonchev–Trinajstić information content (AvgIpc) is 2.87. The van der Waals surface area contributed by atoms with Crippen molar-refractivity contribution in [1.29, 1.82) is 0 Å². The smallest absolute Gasteiger partial charge is 0.231 e. The lowest BCUT2D eigenvalue weighted by Gasteiger charge is -2.35. The molecule has 1 atom stereocenters. The largest absolute Gasteiger partial charge is 0.491 e. The first-order valence-corrected chi connectivity index (χ1v) is 9.86. The van der Waals surface area contributed by atoms with Gasteiger partial charge in [-0.1, -0.05) is 24.3 Å². The third-order valence-electron chi connectivity index (χ3n) is 5.40. The number of carbonyl (C=O) groups excluding carboxylic acids is 2. The lowest BCUT2D eigenvalue weighted by molar-refractivity contribution is -0.137. The first-order valence-electron chi connectivity index (χ1n) is 9.86. The number of fused-ring (bicyclic) bond motifs is 1. The SMILES string of the molecule is O=C1Nc2ccccc2OCC1CC(=O)N1CCN(Cc2cccc(F)c2)CC1. The summed E-state index contributed by atoms with van der Waals surface area (Å²) in [7, 11) is 0. The lowest BCUT2D eigenvalue weighted by Crippen LogP contribution is -2.49. The van der Waals surface area contributed by atoms with Crippen molar-refractivity contribution in [3.05, 3.63) is 59.9 Å². The Balaban J connectivity index is 1.28. The molecule has 1 saturated heterocycles. The van der Waals surface area contributed by atoms with Crippen molar-refractivity contribution >= 4 is 17.5 Å². The maximum Gasteiger partial charge on any atom is 0.231 e. The number of nitrogens with one attached hydrogen (secondary N) is 1. The highest BCUT2D eigenvalue weighted by molar-refractivity contribution is 5.97. The van der Waals surface area contributed by atoms with E-state index in [-0.39, 0.29) is 30.7 Å². The van der Waals surface area contributed by atoms with Gasteiger partial charge in [0.2, 0.25) is 11.8 Å². The molecule has 1 N–H and O–H groups in total. The standard InChI is InChI=1S/C22H24FN3O3/c23-18-5-3-4-16(12-18)14-25-8-10-26(11-9-25)21(27)13-17-15-29-20-7-2-1-6-19(20)24-22(17)28/h1-7,12,17H,8-11,13-15H2,(H,24,28). The molecule has 2 aromatic carbocycles. The molecule has 29 heavy (non-hydrogen) atoms. The normalized spacial score (nSPS) is 19.7.